The van der Waals surface area contributed by atoms with Gasteiger partial charge in [-0.1, -0.05) is 18.2 Å². The first kappa shape index (κ1) is 9.86. The quantitative estimate of drug-likeness (QED) is 0.728. The summed E-state index contributed by atoms with van der Waals surface area (Å²) in [5.41, 5.74) is -0.0400. The normalized spacial score (nSPS) is 11.1. The molecule has 0 unspecified atom stereocenters. The van der Waals surface area contributed by atoms with Crippen LogP contribution in [0.5, 0.6) is 0 Å². The molecule has 2 rings (SSSR count). The number of nitrogens with zero attached hydrogens (tertiary/aromatic N) is 3. The van der Waals surface area contributed by atoms with Crippen molar-refractivity contribution in [2.45, 2.75) is 6.67 Å². The highest BCUT2D eigenvalue weighted by Gasteiger charge is 2.03. The fourth-order valence-corrected chi connectivity index (χ4v) is 1.50. The summed E-state index contributed by atoms with van der Waals surface area (Å²) in [6, 6.07) is 7.48. The van der Waals surface area contributed by atoms with Crippen LogP contribution in [0.2, 0.25) is 0 Å². The Kier molecular flexibility index (Phi) is 2.51. The average Bonchev–Trinajstić information content (AvgIpc) is 2.22. The number of fused-ring (bicyclic) bond motifs is 1. The molecule has 1 aromatic heterocycles. The molecule has 0 amide bonds. The van der Waals surface area contributed by atoms with Crippen molar-refractivity contribution < 1.29 is 0 Å². The summed E-state index contributed by atoms with van der Waals surface area (Å²) >= 11 is 0. The molecule has 0 aliphatic rings. The van der Waals surface area contributed by atoms with Gasteiger partial charge in [0.2, 0.25) is 0 Å². The van der Waals surface area contributed by atoms with Crippen molar-refractivity contribution >= 4 is 10.8 Å². The molecule has 0 saturated heterocycles. The number of aromatic nitrogens is 2. The van der Waals surface area contributed by atoms with Gasteiger partial charge in [0, 0.05) is 5.39 Å². The zero-order valence-corrected chi connectivity index (χ0v) is 8.84. The smallest absolute Gasteiger partial charge is 0.275 e. The third kappa shape index (κ3) is 1.89. The minimum atomic E-state index is -0.0400. The SMILES string of the molecule is CN(C)Cn1ncc2ccccc2c1=O. The van der Waals surface area contributed by atoms with Crippen molar-refractivity contribution in [3.63, 3.8) is 0 Å². The van der Waals surface area contributed by atoms with Gasteiger partial charge in [-0.05, 0) is 20.2 Å². The zero-order valence-electron chi connectivity index (χ0n) is 8.84. The summed E-state index contributed by atoms with van der Waals surface area (Å²) in [4.78, 5) is 13.8. The third-order valence-corrected chi connectivity index (χ3v) is 2.18. The lowest BCUT2D eigenvalue weighted by Gasteiger charge is -2.11. The zero-order chi connectivity index (χ0) is 10.8. The van der Waals surface area contributed by atoms with E-state index in [2.05, 4.69) is 5.10 Å². The minimum Gasteiger partial charge on any atom is -0.290 e. The molecule has 15 heavy (non-hydrogen) atoms. The topological polar surface area (TPSA) is 38.1 Å². The van der Waals surface area contributed by atoms with E-state index in [1.807, 2.05) is 43.3 Å². The van der Waals surface area contributed by atoms with Gasteiger partial charge in [-0.2, -0.15) is 5.10 Å². The third-order valence-electron chi connectivity index (χ3n) is 2.18. The Labute approximate surface area is 87.7 Å². The Bertz CT molecular complexity index is 531. The summed E-state index contributed by atoms with van der Waals surface area (Å²) in [7, 11) is 3.81. The summed E-state index contributed by atoms with van der Waals surface area (Å²) < 4.78 is 1.46. The highest BCUT2D eigenvalue weighted by Crippen LogP contribution is 2.06. The Morgan fingerprint density at radius 2 is 2.07 bits per heavy atom. The van der Waals surface area contributed by atoms with Gasteiger partial charge >= 0.3 is 0 Å². The second-order valence-electron chi connectivity index (χ2n) is 3.76. The molecule has 0 N–H and O–H groups in total. The van der Waals surface area contributed by atoms with Crippen molar-refractivity contribution in [1.82, 2.24) is 14.7 Å². The van der Waals surface area contributed by atoms with Gasteiger partial charge in [-0.3, -0.25) is 9.69 Å². The molecule has 4 heteroatoms. The number of hydrogen-bond acceptors (Lipinski definition) is 3. The van der Waals surface area contributed by atoms with Crippen molar-refractivity contribution in [2.24, 2.45) is 0 Å². The van der Waals surface area contributed by atoms with E-state index in [4.69, 9.17) is 0 Å². The van der Waals surface area contributed by atoms with Crippen molar-refractivity contribution in [2.75, 3.05) is 14.1 Å². The largest absolute Gasteiger partial charge is 0.290 e. The maximum atomic E-state index is 11.9. The summed E-state index contributed by atoms with van der Waals surface area (Å²) in [5, 5.41) is 5.71. The lowest BCUT2D eigenvalue weighted by atomic mass is 10.2. The first-order valence-electron chi connectivity index (χ1n) is 4.78. The van der Waals surface area contributed by atoms with Crippen LogP contribution in [0.15, 0.2) is 35.3 Å². The molecule has 1 heterocycles. The van der Waals surface area contributed by atoms with E-state index in [9.17, 15) is 4.79 Å². The highest BCUT2D eigenvalue weighted by molar-refractivity contribution is 5.80. The maximum Gasteiger partial charge on any atom is 0.275 e. The van der Waals surface area contributed by atoms with Gasteiger partial charge in [0.1, 0.15) is 0 Å². The van der Waals surface area contributed by atoms with Gasteiger partial charge in [-0.15, -0.1) is 0 Å². The molecule has 0 bridgehead atoms. The van der Waals surface area contributed by atoms with Crippen LogP contribution in [0.25, 0.3) is 10.8 Å². The molecule has 1 aromatic carbocycles. The van der Waals surface area contributed by atoms with E-state index in [-0.39, 0.29) is 5.56 Å². The van der Waals surface area contributed by atoms with E-state index in [0.717, 1.165) is 5.39 Å². The molecular formula is C11H13N3O. The molecule has 0 saturated carbocycles. The minimum absolute atomic E-state index is 0.0400. The van der Waals surface area contributed by atoms with Crippen LogP contribution in [0.4, 0.5) is 0 Å². The highest BCUT2D eigenvalue weighted by atomic mass is 16.1. The van der Waals surface area contributed by atoms with Crippen LogP contribution >= 0.6 is 0 Å². The molecule has 0 radical (unpaired) electrons. The van der Waals surface area contributed by atoms with Gasteiger partial charge in [-0.25, -0.2) is 4.68 Å². The maximum absolute atomic E-state index is 11.9. The lowest BCUT2D eigenvalue weighted by molar-refractivity contribution is 0.299. The Morgan fingerprint density at radius 1 is 1.33 bits per heavy atom. The van der Waals surface area contributed by atoms with Crippen molar-refractivity contribution in [3.05, 3.63) is 40.8 Å². The van der Waals surface area contributed by atoms with E-state index in [1.165, 1.54) is 4.68 Å². The average molecular weight is 203 g/mol. The van der Waals surface area contributed by atoms with Crippen molar-refractivity contribution in [3.8, 4) is 0 Å². The summed E-state index contributed by atoms with van der Waals surface area (Å²) in [6.07, 6.45) is 1.72. The van der Waals surface area contributed by atoms with Gasteiger partial charge in [0.15, 0.2) is 0 Å². The predicted molar refractivity (Wildman–Crippen MR) is 59.7 cm³/mol. The van der Waals surface area contributed by atoms with Gasteiger partial charge in [0.05, 0.1) is 18.3 Å². The van der Waals surface area contributed by atoms with Gasteiger partial charge < -0.3 is 0 Å². The molecule has 0 spiro atoms. The molecule has 0 fully saturated rings. The fraction of sp³-hybridized carbons (Fsp3) is 0.273. The lowest BCUT2D eigenvalue weighted by Crippen LogP contribution is -2.29. The van der Waals surface area contributed by atoms with Crippen LogP contribution in [-0.4, -0.2) is 28.8 Å². The first-order chi connectivity index (χ1) is 7.18. The summed E-state index contributed by atoms with van der Waals surface area (Å²) in [6.45, 7) is 0.504. The first-order valence-corrected chi connectivity index (χ1v) is 4.78. The van der Waals surface area contributed by atoms with E-state index < -0.39 is 0 Å². The summed E-state index contributed by atoms with van der Waals surface area (Å²) in [5.74, 6) is 0. The molecule has 0 atom stereocenters. The Morgan fingerprint density at radius 3 is 2.80 bits per heavy atom. The van der Waals surface area contributed by atoms with Gasteiger partial charge in [0.25, 0.3) is 5.56 Å². The second-order valence-corrected chi connectivity index (χ2v) is 3.76. The molecule has 2 aromatic rings. The number of benzene rings is 1. The van der Waals surface area contributed by atoms with E-state index in [0.29, 0.717) is 12.1 Å². The molecule has 4 nitrogen and oxygen atoms in total. The van der Waals surface area contributed by atoms with Crippen molar-refractivity contribution in [1.29, 1.82) is 0 Å². The van der Waals surface area contributed by atoms with Crippen LogP contribution in [0, 0.1) is 0 Å². The standard InChI is InChI=1S/C11H13N3O/c1-13(2)8-14-11(15)10-6-4-3-5-9(10)7-12-14/h3-7H,8H2,1-2H3. The second kappa shape index (κ2) is 3.82. The van der Waals surface area contributed by atoms with E-state index in [1.54, 1.807) is 6.20 Å². The Balaban J connectivity index is 2.60. The number of rotatable bonds is 2. The molecule has 78 valence electrons. The van der Waals surface area contributed by atoms with Crippen LogP contribution in [-0.2, 0) is 6.67 Å². The fourth-order valence-electron chi connectivity index (χ4n) is 1.50. The predicted octanol–water partition coefficient (Wildman–Crippen LogP) is 0.916. The van der Waals surface area contributed by atoms with Crippen LogP contribution in [0.1, 0.15) is 0 Å². The monoisotopic (exact) mass is 203 g/mol. The van der Waals surface area contributed by atoms with Crippen LogP contribution < -0.4 is 5.56 Å². The molecular weight excluding hydrogens is 190 g/mol. The van der Waals surface area contributed by atoms with E-state index >= 15 is 0 Å². The Hall–Kier alpha value is -1.68. The molecule has 0 aliphatic heterocycles. The number of hydrogen-bond donors (Lipinski definition) is 0. The molecule has 0 aliphatic carbocycles. The van der Waals surface area contributed by atoms with Crippen LogP contribution in [0.3, 0.4) is 0 Å².